The number of hydrogen-bond donors (Lipinski definition) is 1. The maximum absolute atomic E-state index is 5.72. The summed E-state index contributed by atoms with van der Waals surface area (Å²) in [6.45, 7) is 4.46. The Morgan fingerprint density at radius 2 is 1.69 bits per heavy atom. The van der Waals surface area contributed by atoms with Crippen molar-refractivity contribution in [2.75, 3.05) is 7.05 Å². The minimum atomic E-state index is 0.585. The number of unbranched alkanes of at least 4 members (excludes halogenated alkanes) is 4. The van der Waals surface area contributed by atoms with Gasteiger partial charge in [0.2, 0.25) is 0 Å². The second-order valence-corrected chi connectivity index (χ2v) is 3.93. The fourth-order valence-corrected chi connectivity index (χ4v) is 1.68. The lowest BCUT2D eigenvalue weighted by Gasteiger charge is -2.22. The van der Waals surface area contributed by atoms with Gasteiger partial charge < -0.3 is 0 Å². The molecule has 80 valence electrons. The molecule has 0 fully saturated rings. The van der Waals surface area contributed by atoms with E-state index in [0.29, 0.717) is 6.04 Å². The maximum Gasteiger partial charge on any atom is 0.0235 e. The number of nitrogens with two attached hydrogens (primary N) is 1. The molecule has 0 aromatic carbocycles. The molecule has 1 atom stereocenters. The van der Waals surface area contributed by atoms with E-state index in [9.17, 15) is 0 Å². The minimum absolute atomic E-state index is 0.585. The zero-order chi connectivity index (χ0) is 10.1. The Hall–Kier alpha value is -0.0800. The third-order valence-corrected chi connectivity index (χ3v) is 2.69. The van der Waals surface area contributed by atoms with Gasteiger partial charge >= 0.3 is 0 Å². The molecule has 0 aliphatic heterocycles. The molecule has 0 aromatic rings. The standard InChI is InChI=1S/C11H26N2/c1-4-6-7-8-9-10-11(5-2)13(3)12/h11H,4-10,12H2,1-3H3. The lowest BCUT2D eigenvalue weighted by Crippen LogP contribution is -2.36. The van der Waals surface area contributed by atoms with Crippen molar-refractivity contribution in [2.45, 2.75) is 64.8 Å². The number of hydrogen-bond acceptors (Lipinski definition) is 2. The average Bonchev–Trinajstić information content (AvgIpc) is 2.10. The van der Waals surface area contributed by atoms with Crippen LogP contribution in [-0.4, -0.2) is 18.1 Å². The van der Waals surface area contributed by atoms with Crippen molar-refractivity contribution in [3.05, 3.63) is 0 Å². The van der Waals surface area contributed by atoms with E-state index in [1.807, 2.05) is 12.1 Å². The van der Waals surface area contributed by atoms with Crippen molar-refractivity contribution in [3.8, 4) is 0 Å². The van der Waals surface area contributed by atoms with Gasteiger partial charge in [0.25, 0.3) is 0 Å². The van der Waals surface area contributed by atoms with E-state index in [2.05, 4.69) is 13.8 Å². The van der Waals surface area contributed by atoms with Crippen molar-refractivity contribution in [3.63, 3.8) is 0 Å². The third-order valence-electron chi connectivity index (χ3n) is 2.69. The summed E-state index contributed by atoms with van der Waals surface area (Å²) in [5, 5.41) is 1.86. The zero-order valence-electron chi connectivity index (χ0n) is 9.55. The lowest BCUT2D eigenvalue weighted by atomic mass is 10.0. The highest BCUT2D eigenvalue weighted by atomic mass is 15.4. The lowest BCUT2D eigenvalue weighted by molar-refractivity contribution is 0.225. The van der Waals surface area contributed by atoms with Crippen molar-refractivity contribution in [1.82, 2.24) is 5.01 Å². The Bertz CT molecular complexity index is 102. The van der Waals surface area contributed by atoms with Gasteiger partial charge in [-0.3, -0.25) is 5.84 Å². The highest BCUT2D eigenvalue weighted by Gasteiger charge is 2.07. The van der Waals surface area contributed by atoms with Gasteiger partial charge in [-0.15, -0.1) is 0 Å². The van der Waals surface area contributed by atoms with Crippen LogP contribution in [0.15, 0.2) is 0 Å². The molecule has 0 aromatic heterocycles. The van der Waals surface area contributed by atoms with E-state index in [4.69, 9.17) is 5.84 Å². The van der Waals surface area contributed by atoms with Gasteiger partial charge in [0.05, 0.1) is 0 Å². The molecule has 0 saturated carbocycles. The van der Waals surface area contributed by atoms with Crippen LogP contribution in [0.4, 0.5) is 0 Å². The summed E-state index contributed by atoms with van der Waals surface area (Å²) in [4.78, 5) is 0. The van der Waals surface area contributed by atoms with Gasteiger partial charge in [-0.05, 0) is 12.8 Å². The molecule has 13 heavy (non-hydrogen) atoms. The Labute approximate surface area is 83.5 Å². The molecular weight excluding hydrogens is 160 g/mol. The molecule has 2 nitrogen and oxygen atoms in total. The third kappa shape index (κ3) is 7.03. The molecule has 2 heteroatoms. The van der Waals surface area contributed by atoms with Crippen LogP contribution in [0.3, 0.4) is 0 Å². The Morgan fingerprint density at radius 3 is 2.15 bits per heavy atom. The van der Waals surface area contributed by atoms with Gasteiger partial charge in [0.15, 0.2) is 0 Å². The molecule has 0 saturated heterocycles. The van der Waals surface area contributed by atoms with Crippen LogP contribution in [0.5, 0.6) is 0 Å². The Balaban J connectivity index is 3.28. The number of nitrogens with zero attached hydrogens (tertiary/aromatic N) is 1. The second-order valence-electron chi connectivity index (χ2n) is 3.93. The van der Waals surface area contributed by atoms with E-state index < -0.39 is 0 Å². The van der Waals surface area contributed by atoms with E-state index in [1.165, 1.54) is 44.9 Å². The summed E-state index contributed by atoms with van der Waals surface area (Å²) in [6, 6.07) is 0.585. The highest BCUT2D eigenvalue weighted by molar-refractivity contribution is 4.62. The second kappa shape index (κ2) is 8.52. The predicted molar refractivity (Wildman–Crippen MR) is 59.4 cm³/mol. The molecule has 1 unspecified atom stereocenters. The van der Waals surface area contributed by atoms with E-state index in [1.54, 1.807) is 0 Å². The van der Waals surface area contributed by atoms with Crippen LogP contribution in [-0.2, 0) is 0 Å². The summed E-state index contributed by atoms with van der Waals surface area (Å²) < 4.78 is 0. The van der Waals surface area contributed by atoms with Crippen LogP contribution in [0.2, 0.25) is 0 Å². The smallest absolute Gasteiger partial charge is 0.0235 e. The molecule has 0 heterocycles. The predicted octanol–water partition coefficient (Wildman–Crippen LogP) is 2.93. The van der Waals surface area contributed by atoms with Gasteiger partial charge in [-0.25, -0.2) is 5.01 Å². The molecule has 0 amide bonds. The van der Waals surface area contributed by atoms with E-state index in [0.717, 1.165) is 0 Å². The molecular formula is C11H26N2. The van der Waals surface area contributed by atoms with Crippen molar-refractivity contribution < 1.29 is 0 Å². The quantitative estimate of drug-likeness (QED) is 0.359. The molecule has 0 radical (unpaired) electrons. The topological polar surface area (TPSA) is 29.3 Å². The summed E-state index contributed by atoms with van der Waals surface area (Å²) in [7, 11) is 1.97. The van der Waals surface area contributed by atoms with Crippen LogP contribution < -0.4 is 5.84 Å². The highest BCUT2D eigenvalue weighted by Crippen LogP contribution is 2.11. The molecule has 2 N–H and O–H groups in total. The normalized spacial score (nSPS) is 13.6. The van der Waals surface area contributed by atoms with Gasteiger partial charge in [-0.2, -0.15) is 0 Å². The molecule has 0 aliphatic rings. The van der Waals surface area contributed by atoms with Gasteiger partial charge in [-0.1, -0.05) is 46.0 Å². The van der Waals surface area contributed by atoms with Crippen molar-refractivity contribution in [2.24, 2.45) is 5.84 Å². The fourth-order valence-electron chi connectivity index (χ4n) is 1.68. The molecule has 0 rings (SSSR count). The van der Waals surface area contributed by atoms with Crippen LogP contribution in [0.25, 0.3) is 0 Å². The van der Waals surface area contributed by atoms with Crippen molar-refractivity contribution >= 4 is 0 Å². The number of rotatable bonds is 8. The number of hydrazine groups is 1. The van der Waals surface area contributed by atoms with E-state index in [-0.39, 0.29) is 0 Å². The fraction of sp³-hybridized carbons (Fsp3) is 1.00. The van der Waals surface area contributed by atoms with Gasteiger partial charge in [0, 0.05) is 13.1 Å². The SMILES string of the molecule is CCCCCCCC(CC)N(C)N. The largest absolute Gasteiger partial charge is 0.269 e. The maximum atomic E-state index is 5.72. The first kappa shape index (κ1) is 12.9. The van der Waals surface area contributed by atoms with Crippen molar-refractivity contribution in [1.29, 1.82) is 0 Å². The van der Waals surface area contributed by atoms with Crippen LogP contribution in [0.1, 0.15) is 58.8 Å². The summed E-state index contributed by atoms with van der Waals surface area (Å²) in [6.07, 6.45) is 9.23. The van der Waals surface area contributed by atoms with Crippen LogP contribution >= 0.6 is 0 Å². The first-order chi connectivity index (χ1) is 6.22. The Morgan fingerprint density at radius 1 is 1.08 bits per heavy atom. The van der Waals surface area contributed by atoms with E-state index >= 15 is 0 Å². The first-order valence-corrected chi connectivity index (χ1v) is 5.69. The molecule has 0 bridgehead atoms. The molecule has 0 aliphatic carbocycles. The summed E-state index contributed by atoms with van der Waals surface area (Å²) in [5.74, 6) is 5.72. The Kier molecular flexibility index (Phi) is 8.46. The summed E-state index contributed by atoms with van der Waals surface area (Å²) in [5.41, 5.74) is 0. The summed E-state index contributed by atoms with van der Waals surface area (Å²) >= 11 is 0. The minimum Gasteiger partial charge on any atom is -0.269 e. The first-order valence-electron chi connectivity index (χ1n) is 5.69. The molecule has 0 spiro atoms. The van der Waals surface area contributed by atoms with Gasteiger partial charge in [0.1, 0.15) is 0 Å². The zero-order valence-corrected chi connectivity index (χ0v) is 9.55. The van der Waals surface area contributed by atoms with Crippen LogP contribution in [0, 0.1) is 0 Å². The average molecular weight is 186 g/mol. The monoisotopic (exact) mass is 186 g/mol.